The molecular weight excluding hydrogens is 1090 g/mol. The van der Waals surface area contributed by atoms with Crippen molar-refractivity contribution in [3.05, 3.63) is 115 Å². The maximum atomic E-state index is 13.5. The molecule has 0 amide bonds. The van der Waals surface area contributed by atoms with E-state index in [9.17, 15) is 79.8 Å². The average molecular weight is 1180 g/mol. The second-order valence-electron chi connectivity index (χ2n) is 21.7. The fraction of sp³-hybridized carbons (Fsp3) is 0.574. The van der Waals surface area contributed by atoms with Gasteiger partial charge in [0.2, 0.25) is 0 Å². The summed E-state index contributed by atoms with van der Waals surface area (Å²) in [6.07, 6.45) is -0.365. The van der Waals surface area contributed by atoms with Gasteiger partial charge in [0.1, 0.15) is 29.7 Å². The van der Waals surface area contributed by atoms with Crippen molar-refractivity contribution in [2.75, 3.05) is 18.9 Å². The highest BCUT2D eigenvalue weighted by Gasteiger charge is 2.44. The number of aliphatic hydroxyl groups excluding tert-OH is 10. The number of rotatable bonds is 13. The largest absolute Gasteiger partial charge is 0.461 e. The normalized spacial score (nSPS) is 34.6. The molecule has 1 aromatic carbocycles. The van der Waals surface area contributed by atoms with Crippen LogP contribution < -0.4 is 17.2 Å². The summed E-state index contributed by atoms with van der Waals surface area (Å²) < 4.78 is 22.7. The molecule has 16 N–H and O–H groups in total. The molecule has 0 spiro atoms. The zero-order valence-electron chi connectivity index (χ0n) is 48.0. The van der Waals surface area contributed by atoms with Crippen LogP contribution in [-0.2, 0) is 42.9 Å². The Balaban J connectivity index is 1.89. The van der Waals surface area contributed by atoms with E-state index in [1.165, 1.54) is 19.1 Å². The summed E-state index contributed by atoms with van der Waals surface area (Å²) >= 11 is 0. The summed E-state index contributed by atoms with van der Waals surface area (Å²) in [6, 6.07) is 5.15. The minimum absolute atomic E-state index is 0.140. The quantitative estimate of drug-likeness (QED) is 0.0747. The second-order valence-corrected chi connectivity index (χ2v) is 21.7. The van der Waals surface area contributed by atoms with E-state index >= 15 is 0 Å². The fourth-order valence-electron chi connectivity index (χ4n) is 9.52. The first-order valence-electron chi connectivity index (χ1n) is 28.3. The van der Waals surface area contributed by atoms with Crippen LogP contribution in [0.5, 0.6) is 0 Å². The molecule has 468 valence electrons. The monoisotopic (exact) mass is 1180 g/mol. The highest BCUT2D eigenvalue weighted by atomic mass is 16.7. The third kappa shape index (κ3) is 27.5. The lowest BCUT2D eigenvalue weighted by atomic mass is 9.88. The summed E-state index contributed by atoms with van der Waals surface area (Å²) in [5, 5.41) is 109. The Hall–Kier alpha value is -5.74. The molecule has 23 heteroatoms. The van der Waals surface area contributed by atoms with E-state index in [0.717, 1.165) is 0 Å². The van der Waals surface area contributed by atoms with E-state index in [1.807, 2.05) is 19.9 Å². The lowest BCUT2D eigenvalue weighted by Crippen LogP contribution is -2.61. The number of allylic oxidation sites excluding steroid dienone is 12. The molecule has 0 aromatic heterocycles. The predicted molar refractivity (Wildman–Crippen MR) is 309 cm³/mol. The Morgan fingerprint density at radius 1 is 0.643 bits per heavy atom. The number of nitrogen functional groups attached to an aromatic ring is 1. The number of carbonyl (C=O) groups is 6. The van der Waals surface area contributed by atoms with Crippen molar-refractivity contribution in [2.45, 2.75) is 190 Å². The summed E-state index contributed by atoms with van der Waals surface area (Å²) in [6.45, 7) is 3.81. The van der Waals surface area contributed by atoms with Gasteiger partial charge in [-0.25, -0.2) is 0 Å². The molecule has 23 nitrogen and oxygen atoms in total. The van der Waals surface area contributed by atoms with E-state index in [1.54, 1.807) is 91.1 Å². The van der Waals surface area contributed by atoms with Crippen molar-refractivity contribution in [3.8, 4) is 0 Å². The minimum atomic E-state index is -1.99. The van der Waals surface area contributed by atoms with Gasteiger partial charge < -0.3 is 87.2 Å². The first-order chi connectivity index (χ1) is 39.8. The van der Waals surface area contributed by atoms with E-state index in [-0.39, 0.29) is 24.5 Å². The standard InChI is InChI=1S/C61H89N3O20/c1-36-16-14-12-10-8-6-4-5-7-9-11-13-15-17-50(83-61-58(79)56(64)57(78)38(3)82-61)33-53(76)55(60(80)81-35-49(73)34-62)52(75)31-47(71)28-45(69)26-43(67)24-42(66)25-44(68)27-46(70)29-48(72)32-54(77)84-59(36)37(2)18-23-41(65)30-51(74)39-19-21-40(63)22-20-39/h4-17,19-22,36-38,41-45,48,50,52-53,55-59,61,65-69,72,75-76,78-79H,18,23-35,62-64H2,1-3H3/b5-4+,8-6+,9-7+,12-10+,13-11+,16-14+,17-15+/t36?,37?,38-,41?,42?,43?,44?,45?,48?,50?,52?,53?,55?,56+,57-,58+,59?,61+/m1/s1. The number of carbonyl (C=O) groups excluding carboxylic acids is 6. The lowest BCUT2D eigenvalue weighted by molar-refractivity contribution is -0.277. The molecule has 1 aromatic rings. The fourth-order valence-corrected chi connectivity index (χ4v) is 9.52. The number of ether oxygens (including phenoxy) is 4. The molecule has 3 rings (SSSR count). The molecule has 0 radical (unpaired) electrons. The molecule has 84 heavy (non-hydrogen) atoms. The number of hydrogen-bond donors (Lipinski definition) is 13. The zero-order chi connectivity index (χ0) is 62.5. The number of anilines is 1. The Bertz CT molecular complexity index is 2430. The van der Waals surface area contributed by atoms with Gasteiger partial charge in [0, 0.05) is 55.7 Å². The van der Waals surface area contributed by atoms with E-state index in [0.29, 0.717) is 17.7 Å². The van der Waals surface area contributed by atoms with Crippen molar-refractivity contribution in [1.29, 1.82) is 0 Å². The zero-order valence-corrected chi connectivity index (χ0v) is 48.0. The number of esters is 2. The van der Waals surface area contributed by atoms with Gasteiger partial charge in [-0.1, -0.05) is 98.9 Å². The third-order valence-electron chi connectivity index (χ3n) is 14.2. The third-order valence-corrected chi connectivity index (χ3v) is 14.2. The molecule has 2 aliphatic heterocycles. The Morgan fingerprint density at radius 3 is 1.71 bits per heavy atom. The van der Waals surface area contributed by atoms with Crippen LogP contribution in [0.2, 0.25) is 0 Å². The molecular formula is C61H89N3O20. The van der Waals surface area contributed by atoms with Crippen molar-refractivity contribution in [3.63, 3.8) is 0 Å². The van der Waals surface area contributed by atoms with Gasteiger partial charge in [-0.3, -0.25) is 28.8 Å². The van der Waals surface area contributed by atoms with Crippen LogP contribution in [0.3, 0.4) is 0 Å². The molecule has 13 unspecified atom stereocenters. The summed E-state index contributed by atoms with van der Waals surface area (Å²) in [5.74, 6) is -7.23. The van der Waals surface area contributed by atoms with Gasteiger partial charge in [0.05, 0.1) is 86.2 Å². The Morgan fingerprint density at radius 2 is 1.15 bits per heavy atom. The highest BCUT2D eigenvalue weighted by molar-refractivity contribution is 5.96. The van der Waals surface area contributed by atoms with Gasteiger partial charge in [-0.15, -0.1) is 0 Å². The van der Waals surface area contributed by atoms with Crippen molar-refractivity contribution in [1.82, 2.24) is 0 Å². The number of aliphatic hydroxyl groups is 10. The van der Waals surface area contributed by atoms with Gasteiger partial charge in [0.15, 0.2) is 24.5 Å². The maximum absolute atomic E-state index is 13.5. The van der Waals surface area contributed by atoms with Crippen LogP contribution in [0.1, 0.15) is 108 Å². The number of nitrogens with two attached hydrogens (primary N) is 3. The lowest BCUT2D eigenvalue weighted by Gasteiger charge is -2.41. The highest BCUT2D eigenvalue weighted by Crippen LogP contribution is 2.28. The van der Waals surface area contributed by atoms with Crippen LogP contribution in [0, 0.1) is 17.8 Å². The number of cyclic esters (lactones) is 1. The van der Waals surface area contributed by atoms with Gasteiger partial charge in [0.25, 0.3) is 0 Å². The van der Waals surface area contributed by atoms with Crippen molar-refractivity contribution in [2.24, 2.45) is 29.2 Å². The van der Waals surface area contributed by atoms with E-state index < -0.39 is 204 Å². The molecule has 0 aliphatic carbocycles. The Kier molecular flexibility index (Phi) is 33.1. The smallest absolute Gasteiger partial charge is 0.314 e. The number of Topliss-reactive ketones (excluding diaryl/α,β-unsaturated/α-hetero) is 4. The molecule has 0 saturated carbocycles. The molecule has 1 fully saturated rings. The number of ketones is 4. The minimum Gasteiger partial charge on any atom is -0.461 e. The summed E-state index contributed by atoms with van der Waals surface area (Å²) in [5.41, 5.74) is 18.0. The molecule has 2 aliphatic rings. The Labute approximate surface area is 490 Å². The van der Waals surface area contributed by atoms with E-state index in [4.69, 9.17) is 36.1 Å². The summed E-state index contributed by atoms with van der Waals surface area (Å²) in [4.78, 5) is 77.7. The predicted octanol–water partition coefficient (Wildman–Crippen LogP) is 1.12. The first kappa shape index (κ1) is 72.5. The molecule has 2 heterocycles. The van der Waals surface area contributed by atoms with E-state index in [2.05, 4.69) is 0 Å². The summed E-state index contributed by atoms with van der Waals surface area (Å²) in [7, 11) is 0. The van der Waals surface area contributed by atoms with Crippen LogP contribution in [0.4, 0.5) is 5.69 Å². The van der Waals surface area contributed by atoms with Crippen LogP contribution >= 0.6 is 0 Å². The maximum Gasteiger partial charge on any atom is 0.314 e. The van der Waals surface area contributed by atoms with Crippen molar-refractivity contribution < 1.29 is 98.8 Å². The topological polar surface area (TPSA) is 420 Å². The van der Waals surface area contributed by atoms with Crippen LogP contribution in [-0.4, -0.2) is 191 Å². The molecule has 18 atom stereocenters. The van der Waals surface area contributed by atoms with Crippen LogP contribution in [0.25, 0.3) is 0 Å². The second kappa shape index (κ2) is 38.3. The molecule has 0 bridgehead atoms. The number of hydrogen-bond acceptors (Lipinski definition) is 23. The van der Waals surface area contributed by atoms with Gasteiger partial charge >= 0.3 is 11.9 Å². The average Bonchev–Trinajstić information content (AvgIpc) is 2.94. The molecule has 1 saturated heterocycles. The number of benzene rings is 1. The van der Waals surface area contributed by atoms with Crippen LogP contribution in [0.15, 0.2) is 109 Å². The van der Waals surface area contributed by atoms with Gasteiger partial charge in [-0.05, 0) is 69.2 Å². The van der Waals surface area contributed by atoms with Gasteiger partial charge in [-0.2, -0.15) is 0 Å². The first-order valence-corrected chi connectivity index (χ1v) is 28.3. The SMILES string of the molecule is CC1/C=C/C=C/C=C/C=C/C=C/C=C/C=C/C(O[C@@H]2O[C@H](C)[C@@H](O)[C@H](N)[C@@H]2O)CC(O)C(C(=O)OCC(=O)CN)C(O)CC(=O)CC(O)CC(O)CC(O)CC(O)CC(=O)CC(O)CC(=O)OC1C(C)CCC(O)CC(=O)c1ccc(N)cc1. The van der Waals surface area contributed by atoms with Crippen molar-refractivity contribution >= 4 is 40.8 Å².